The van der Waals surface area contributed by atoms with Crippen LogP contribution >= 0.6 is 0 Å². The predicted molar refractivity (Wildman–Crippen MR) is 156 cm³/mol. The first-order valence-corrected chi connectivity index (χ1v) is 14.7. The zero-order valence-electron chi connectivity index (χ0n) is 24.2. The van der Waals surface area contributed by atoms with E-state index in [1.165, 1.54) is 24.3 Å². The van der Waals surface area contributed by atoms with E-state index in [0.29, 0.717) is 68.6 Å². The molecule has 0 radical (unpaired) electrons. The third-order valence-electron chi connectivity index (χ3n) is 8.60. The maximum atomic E-state index is 13.7. The maximum Gasteiger partial charge on any atom is 0.254 e. The molecule has 222 valence electrons. The summed E-state index contributed by atoms with van der Waals surface area (Å²) in [6.45, 7) is 4.21. The van der Waals surface area contributed by atoms with Crippen molar-refractivity contribution in [1.82, 2.24) is 15.1 Å². The molecule has 1 heterocycles. The van der Waals surface area contributed by atoms with Gasteiger partial charge in [-0.15, -0.1) is 0 Å². The number of piperidine rings is 1. The van der Waals surface area contributed by atoms with Gasteiger partial charge in [0, 0.05) is 43.9 Å². The van der Waals surface area contributed by atoms with Crippen molar-refractivity contribution in [2.45, 2.75) is 57.5 Å². The Morgan fingerprint density at radius 3 is 2.39 bits per heavy atom. The second-order valence-electron chi connectivity index (χ2n) is 11.4. The molecular formula is C32H43FN4O4. The average molecular weight is 567 g/mol. The van der Waals surface area contributed by atoms with Crippen molar-refractivity contribution in [3.8, 4) is 0 Å². The lowest BCUT2D eigenvalue weighted by Crippen LogP contribution is -2.58. The van der Waals surface area contributed by atoms with Crippen molar-refractivity contribution < 1.29 is 23.5 Å². The van der Waals surface area contributed by atoms with E-state index < -0.39 is 11.9 Å². The molecule has 0 aromatic heterocycles. The molecule has 0 spiro atoms. The Kier molecular flexibility index (Phi) is 10.9. The molecule has 4 rings (SSSR count). The fourth-order valence-corrected chi connectivity index (χ4v) is 6.10. The van der Waals surface area contributed by atoms with Crippen molar-refractivity contribution in [2.24, 2.45) is 17.6 Å². The summed E-state index contributed by atoms with van der Waals surface area (Å²) in [6.07, 6.45) is 4.98. The molecule has 1 aliphatic carbocycles. The van der Waals surface area contributed by atoms with Gasteiger partial charge in [-0.2, -0.15) is 0 Å². The van der Waals surface area contributed by atoms with Crippen LogP contribution in [0.3, 0.4) is 0 Å². The first-order chi connectivity index (χ1) is 19.8. The zero-order chi connectivity index (χ0) is 29.4. The van der Waals surface area contributed by atoms with Crippen molar-refractivity contribution in [3.05, 3.63) is 71.0 Å². The standard InChI is InChI=1S/C32H43FN4O4/c1-22-4-3-5-26(18-22)32(40)36(16-17-41-2)28-14-15-37(31(39)25-10-12-27(33)13-11-25)29(19-28)30(38)35-21-24-8-6-23(20-34)7-9-24/h3-5,10-13,18,23-24,28-29H,6-9,14-17,19-21,34H2,1-2H3,(H,35,38)/t23?,24?,28?,29-/m1/s1. The number of aryl methyl sites for hydroxylation is 1. The number of amides is 3. The van der Waals surface area contributed by atoms with Gasteiger partial charge in [0.25, 0.3) is 11.8 Å². The van der Waals surface area contributed by atoms with Crippen molar-refractivity contribution >= 4 is 17.7 Å². The van der Waals surface area contributed by atoms with Crippen LogP contribution in [0.5, 0.6) is 0 Å². The highest BCUT2D eigenvalue weighted by atomic mass is 19.1. The topological polar surface area (TPSA) is 105 Å². The minimum atomic E-state index is -0.762. The number of rotatable bonds is 10. The number of ether oxygens (including phenoxy) is 1. The van der Waals surface area contributed by atoms with Crippen LogP contribution in [-0.4, -0.2) is 79.5 Å². The molecule has 2 fully saturated rings. The minimum absolute atomic E-state index is 0.120. The second-order valence-corrected chi connectivity index (χ2v) is 11.4. The van der Waals surface area contributed by atoms with Crippen LogP contribution in [-0.2, 0) is 9.53 Å². The summed E-state index contributed by atoms with van der Waals surface area (Å²) in [7, 11) is 1.59. The van der Waals surface area contributed by atoms with Crippen molar-refractivity contribution in [3.63, 3.8) is 0 Å². The summed E-state index contributed by atoms with van der Waals surface area (Å²) >= 11 is 0. The Labute approximate surface area is 242 Å². The van der Waals surface area contributed by atoms with Crippen LogP contribution in [0, 0.1) is 24.6 Å². The van der Waals surface area contributed by atoms with Gasteiger partial charge in [0.15, 0.2) is 0 Å². The van der Waals surface area contributed by atoms with Gasteiger partial charge < -0.3 is 25.6 Å². The highest BCUT2D eigenvalue weighted by Gasteiger charge is 2.40. The first-order valence-electron chi connectivity index (χ1n) is 14.7. The molecule has 9 heteroatoms. The van der Waals surface area contributed by atoms with E-state index in [4.69, 9.17) is 10.5 Å². The van der Waals surface area contributed by atoms with Gasteiger partial charge in [-0.05, 0) is 100 Å². The molecule has 41 heavy (non-hydrogen) atoms. The second kappa shape index (κ2) is 14.5. The van der Waals surface area contributed by atoms with Crippen LogP contribution < -0.4 is 11.1 Å². The molecule has 1 aliphatic heterocycles. The summed E-state index contributed by atoms with van der Waals surface area (Å²) in [5, 5.41) is 3.12. The normalized spacial score (nSPS) is 22.7. The van der Waals surface area contributed by atoms with Crippen LogP contribution in [0.15, 0.2) is 48.5 Å². The Hall–Kier alpha value is -3.30. The molecule has 1 saturated carbocycles. The number of benzene rings is 2. The number of methoxy groups -OCH3 is 1. The van der Waals surface area contributed by atoms with E-state index in [1.807, 2.05) is 25.1 Å². The molecular weight excluding hydrogens is 523 g/mol. The van der Waals surface area contributed by atoms with Crippen molar-refractivity contribution in [2.75, 3.05) is 39.9 Å². The van der Waals surface area contributed by atoms with Crippen LogP contribution in [0.2, 0.25) is 0 Å². The summed E-state index contributed by atoms with van der Waals surface area (Å²) in [5.74, 6) is -0.161. The molecule has 2 aromatic rings. The third kappa shape index (κ3) is 7.92. The Balaban J connectivity index is 1.54. The average Bonchev–Trinajstić information content (AvgIpc) is 3.00. The number of nitrogens with one attached hydrogen (secondary N) is 1. The van der Waals surface area contributed by atoms with E-state index in [1.54, 1.807) is 23.0 Å². The predicted octanol–water partition coefficient (Wildman–Crippen LogP) is 3.78. The molecule has 8 nitrogen and oxygen atoms in total. The van der Waals surface area contributed by atoms with Gasteiger partial charge in [0.1, 0.15) is 11.9 Å². The van der Waals surface area contributed by atoms with E-state index in [9.17, 15) is 18.8 Å². The zero-order valence-corrected chi connectivity index (χ0v) is 24.2. The molecule has 1 saturated heterocycles. The van der Waals surface area contributed by atoms with Gasteiger partial charge in [0.05, 0.1) is 6.61 Å². The third-order valence-corrected chi connectivity index (χ3v) is 8.60. The Morgan fingerprint density at radius 1 is 1.02 bits per heavy atom. The van der Waals surface area contributed by atoms with E-state index in [0.717, 1.165) is 31.2 Å². The van der Waals surface area contributed by atoms with Gasteiger partial charge in [-0.25, -0.2) is 4.39 Å². The highest BCUT2D eigenvalue weighted by molar-refractivity contribution is 5.98. The van der Waals surface area contributed by atoms with Crippen LogP contribution in [0.4, 0.5) is 4.39 Å². The first kappa shape index (κ1) is 30.7. The number of carbonyl (C=O) groups excluding carboxylic acids is 3. The Bertz CT molecular complexity index is 1180. The van der Waals surface area contributed by atoms with E-state index >= 15 is 0 Å². The summed E-state index contributed by atoms with van der Waals surface area (Å²) < 4.78 is 18.9. The fraction of sp³-hybridized carbons (Fsp3) is 0.531. The SMILES string of the molecule is COCCN(C(=O)c1cccc(C)c1)C1CCN(C(=O)c2ccc(F)cc2)[C@@H](C(=O)NCC2CCC(CN)CC2)C1. The fourth-order valence-electron chi connectivity index (χ4n) is 6.10. The molecule has 2 atom stereocenters. The molecule has 3 amide bonds. The summed E-state index contributed by atoms with van der Waals surface area (Å²) in [5.41, 5.74) is 7.74. The largest absolute Gasteiger partial charge is 0.383 e. The lowest BCUT2D eigenvalue weighted by molar-refractivity contribution is -0.127. The highest BCUT2D eigenvalue weighted by Crippen LogP contribution is 2.29. The number of halogens is 1. The number of hydrogen-bond donors (Lipinski definition) is 2. The number of nitrogens with zero attached hydrogens (tertiary/aromatic N) is 2. The lowest BCUT2D eigenvalue weighted by Gasteiger charge is -2.43. The molecule has 0 bridgehead atoms. The molecule has 2 aromatic carbocycles. The molecule has 3 N–H and O–H groups in total. The van der Waals surface area contributed by atoms with Crippen molar-refractivity contribution in [1.29, 1.82) is 0 Å². The summed E-state index contributed by atoms with van der Waals surface area (Å²) in [6, 6.07) is 11.8. The number of likely N-dealkylation sites (tertiary alicyclic amines) is 1. The quantitative estimate of drug-likeness (QED) is 0.456. The van der Waals surface area contributed by atoms with Gasteiger partial charge in [-0.1, -0.05) is 17.7 Å². The van der Waals surface area contributed by atoms with Gasteiger partial charge in [-0.3, -0.25) is 14.4 Å². The van der Waals surface area contributed by atoms with Crippen LogP contribution in [0.1, 0.15) is 64.8 Å². The number of carbonyl (C=O) groups is 3. The summed E-state index contributed by atoms with van der Waals surface area (Å²) in [4.78, 5) is 44.3. The molecule has 1 unspecified atom stereocenters. The number of nitrogens with two attached hydrogens (primary N) is 1. The van der Waals surface area contributed by atoms with Gasteiger partial charge in [0.2, 0.25) is 5.91 Å². The number of hydrogen-bond acceptors (Lipinski definition) is 5. The van der Waals surface area contributed by atoms with E-state index in [2.05, 4.69) is 5.32 Å². The molecule has 2 aliphatic rings. The van der Waals surface area contributed by atoms with Gasteiger partial charge >= 0.3 is 0 Å². The monoisotopic (exact) mass is 566 g/mol. The van der Waals surface area contributed by atoms with E-state index in [-0.39, 0.29) is 23.8 Å². The Morgan fingerprint density at radius 2 is 1.73 bits per heavy atom. The smallest absolute Gasteiger partial charge is 0.254 e. The minimum Gasteiger partial charge on any atom is -0.383 e. The maximum absolute atomic E-state index is 13.7. The van der Waals surface area contributed by atoms with Crippen LogP contribution in [0.25, 0.3) is 0 Å². The lowest BCUT2D eigenvalue weighted by atomic mass is 9.82.